The maximum atomic E-state index is 12.3. The molecule has 0 heterocycles. The first-order chi connectivity index (χ1) is 10.2. The molecule has 2 N–H and O–H groups in total. The lowest BCUT2D eigenvalue weighted by Gasteiger charge is -2.23. The molecule has 0 spiro atoms. The monoisotopic (exact) mass is 302 g/mol. The molecular formula is C18H26N2O2. The van der Waals surface area contributed by atoms with Crippen LogP contribution in [0.2, 0.25) is 0 Å². The highest BCUT2D eigenvalue weighted by Crippen LogP contribution is 2.48. The summed E-state index contributed by atoms with van der Waals surface area (Å²) in [6.07, 6.45) is 0.865. The smallest absolute Gasteiger partial charge is 0.242 e. The highest BCUT2D eigenvalue weighted by Gasteiger charge is 2.45. The molecule has 2 amide bonds. The predicted octanol–water partition coefficient (Wildman–Crippen LogP) is 2.52. The van der Waals surface area contributed by atoms with Crippen molar-refractivity contribution in [2.24, 2.45) is 5.92 Å². The lowest BCUT2D eigenvalue weighted by Crippen LogP contribution is -2.51. The molecule has 1 aliphatic carbocycles. The molecule has 1 aromatic carbocycles. The number of benzene rings is 1. The second kappa shape index (κ2) is 6.11. The number of carbonyl (C=O) groups is 2. The zero-order chi connectivity index (χ0) is 16.5. The zero-order valence-electron chi connectivity index (χ0n) is 14.1. The topological polar surface area (TPSA) is 58.2 Å². The summed E-state index contributed by atoms with van der Waals surface area (Å²) in [6, 6.07) is 7.67. The third-order valence-corrected chi connectivity index (χ3v) is 3.97. The van der Waals surface area contributed by atoms with Gasteiger partial charge in [-0.25, -0.2) is 0 Å². The van der Waals surface area contributed by atoms with E-state index >= 15 is 0 Å². The number of carbonyl (C=O) groups excluding carboxylic acids is 2. The fourth-order valence-electron chi connectivity index (χ4n) is 2.70. The minimum absolute atomic E-state index is 0.00835. The molecule has 2 rings (SSSR count). The van der Waals surface area contributed by atoms with E-state index in [1.807, 2.05) is 32.9 Å². The average molecular weight is 302 g/mol. The Bertz CT molecular complexity index is 575. The first-order valence-corrected chi connectivity index (χ1v) is 7.87. The van der Waals surface area contributed by atoms with E-state index in [9.17, 15) is 9.59 Å². The van der Waals surface area contributed by atoms with E-state index in [-0.39, 0.29) is 23.3 Å². The molecule has 0 saturated heterocycles. The summed E-state index contributed by atoms with van der Waals surface area (Å²) in [5.74, 6) is 0.115. The Balaban J connectivity index is 1.89. The zero-order valence-corrected chi connectivity index (χ0v) is 14.1. The van der Waals surface area contributed by atoms with Crippen LogP contribution in [0.3, 0.4) is 0 Å². The average Bonchev–Trinajstić information content (AvgIpc) is 3.17. The summed E-state index contributed by atoms with van der Waals surface area (Å²) >= 11 is 0. The van der Waals surface area contributed by atoms with Gasteiger partial charge in [0.1, 0.15) is 6.04 Å². The van der Waals surface area contributed by atoms with Crippen molar-refractivity contribution in [1.29, 1.82) is 0 Å². The van der Waals surface area contributed by atoms with Crippen LogP contribution in [0.4, 0.5) is 0 Å². The molecule has 4 heteroatoms. The molecular weight excluding hydrogens is 276 g/mol. The fourth-order valence-corrected chi connectivity index (χ4v) is 2.70. The van der Waals surface area contributed by atoms with Crippen LogP contribution in [-0.4, -0.2) is 23.4 Å². The third-order valence-electron chi connectivity index (χ3n) is 3.97. The van der Waals surface area contributed by atoms with Gasteiger partial charge in [-0.2, -0.15) is 0 Å². The van der Waals surface area contributed by atoms with Gasteiger partial charge in [-0.1, -0.05) is 24.3 Å². The first-order valence-electron chi connectivity index (χ1n) is 7.87. The quantitative estimate of drug-likeness (QED) is 0.898. The molecule has 0 aromatic heterocycles. The number of nitrogens with one attached hydrogen (secondary N) is 2. The van der Waals surface area contributed by atoms with Gasteiger partial charge in [-0.3, -0.25) is 9.59 Å². The van der Waals surface area contributed by atoms with Gasteiger partial charge in [0.15, 0.2) is 0 Å². The molecule has 1 fully saturated rings. The first kappa shape index (κ1) is 16.5. The number of rotatable bonds is 4. The van der Waals surface area contributed by atoms with E-state index in [0.717, 1.165) is 6.42 Å². The van der Waals surface area contributed by atoms with Crippen LogP contribution in [0.5, 0.6) is 0 Å². The lowest BCUT2D eigenvalue weighted by atomic mass is 10.0. The number of hydrogen-bond donors (Lipinski definition) is 2. The maximum absolute atomic E-state index is 12.3. The highest BCUT2D eigenvalue weighted by atomic mass is 16.2. The predicted molar refractivity (Wildman–Crippen MR) is 87.5 cm³/mol. The Morgan fingerprint density at radius 3 is 2.45 bits per heavy atom. The molecule has 1 saturated carbocycles. The van der Waals surface area contributed by atoms with Crippen molar-refractivity contribution in [1.82, 2.24) is 10.6 Å². The van der Waals surface area contributed by atoms with Crippen LogP contribution in [0.1, 0.15) is 51.2 Å². The highest BCUT2D eigenvalue weighted by molar-refractivity contribution is 5.90. The molecule has 1 aromatic rings. The number of aryl methyl sites for hydroxylation is 1. The van der Waals surface area contributed by atoms with Gasteiger partial charge in [0.2, 0.25) is 11.8 Å². The summed E-state index contributed by atoms with van der Waals surface area (Å²) in [7, 11) is 0. The van der Waals surface area contributed by atoms with Gasteiger partial charge >= 0.3 is 0 Å². The van der Waals surface area contributed by atoms with Crippen LogP contribution in [0.15, 0.2) is 24.3 Å². The Labute approximate surface area is 132 Å². The normalized spacial score (nSPS) is 21.9. The van der Waals surface area contributed by atoms with Gasteiger partial charge in [0.05, 0.1) is 0 Å². The van der Waals surface area contributed by atoms with Gasteiger partial charge in [-0.15, -0.1) is 0 Å². The summed E-state index contributed by atoms with van der Waals surface area (Å²) in [5, 5.41) is 5.71. The molecule has 3 unspecified atom stereocenters. The van der Waals surface area contributed by atoms with Crippen molar-refractivity contribution < 1.29 is 9.59 Å². The van der Waals surface area contributed by atoms with Gasteiger partial charge in [0.25, 0.3) is 0 Å². The van der Waals surface area contributed by atoms with Crippen molar-refractivity contribution in [3.05, 3.63) is 35.4 Å². The molecule has 1 aliphatic rings. The van der Waals surface area contributed by atoms with E-state index in [2.05, 4.69) is 29.7 Å². The minimum atomic E-state index is -0.509. The van der Waals surface area contributed by atoms with E-state index < -0.39 is 6.04 Å². The second-order valence-corrected chi connectivity index (χ2v) is 7.27. The van der Waals surface area contributed by atoms with Crippen molar-refractivity contribution in [2.75, 3.05) is 0 Å². The fraction of sp³-hybridized carbons (Fsp3) is 0.556. The molecule has 0 aliphatic heterocycles. The van der Waals surface area contributed by atoms with Crippen molar-refractivity contribution in [2.45, 2.75) is 58.5 Å². The van der Waals surface area contributed by atoms with Crippen LogP contribution < -0.4 is 10.6 Å². The van der Waals surface area contributed by atoms with E-state index in [1.165, 1.54) is 11.1 Å². The maximum Gasteiger partial charge on any atom is 0.242 e. The minimum Gasteiger partial charge on any atom is -0.350 e. The van der Waals surface area contributed by atoms with Gasteiger partial charge in [-0.05, 0) is 58.1 Å². The lowest BCUT2D eigenvalue weighted by molar-refractivity contribution is -0.130. The number of hydrogen-bond acceptors (Lipinski definition) is 2. The summed E-state index contributed by atoms with van der Waals surface area (Å²) in [4.78, 5) is 24.3. The Kier molecular flexibility index (Phi) is 4.59. The van der Waals surface area contributed by atoms with E-state index in [4.69, 9.17) is 0 Å². The van der Waals surface area contributed by atoms with Crippen LogP contribution in [0.25, 0.3) is 0 Å². The molecule has 0 radical (unpaired) electrons. The Morgan fingerprint density at radius 1 is 1.23 bits per heavy atom. The molecule has 3 atom stereocenters. The third kappa shape index (κ3) is 4.09. The molecule has 0 bridgehead atoms. The van der Waals surface area contributed by atoms with Crippen molar-refractivity contribution in [3.63, 3.8) is 0 Å². The van der Waals surface area contributed by atoms with E-state index in [1.54, 1.807) is 6.92 Å². The summed E-state index contributed by atoms with van der Waals surface area (Å²) in [5.41, 5.74) is 2.18. The molecule has 4 nitrogen and oxygen atoms in total. The van der Waals surface area contributed by atoms with Crippen LogP contribution in [-0.2, 0) is 9.59 Å². The molecule has 22 heavy (non-hydrogen) atoms. The van der Waals surface area contributed by atoms with Gasteiger partial charge < -0.3 is 10.6 Å². The van der Waals surface area contributed by atoms with E-state index in [0.29, 0.717) is 5.92 Å². The second-order valence-electron chi connectivity index (χ2n) is 7.27. The SMILES string of the molecule is Cc1ccccc1C1CC1C(=O)NC(C)C(=O)NC(C)(C)C. The van der Waals surface area contributed by atoms with Crippen molar-refractivity contribution >= 4 is 11.8 Å². The largest absolute Gasteiger partial charge is 0.350 e. The summed E-state index contributed by atoms with van der Waals surface area (Å²) < 4.78 is 0. The Morgan fingerprint density at radius 2 is 1.86 bits per heavy atom. The summed E-state index contributed by atoms with van der Waals surface area (Å²) in [6.45, 7) is 9.57. The standard InChI is InChI=1S/C18H26N2O2/c1-11-8-6-7-9-13(11)14-10-15(14)17(22)19-12(2)16(21)20-18(3,4)5/h6-9,12,14-15H,10H2,1-5H3,(H,19,22)(H,20,21). The molecule has 120 valence electrons. The van der Waals surface area contributed by atoms with Crippen molar-refractivity contribution in [3.8, 4) is 0 Å². The van der Waals surface area contributed by atoms with Gasteiger partial charge in [0, 0.05) is 11.5 Å². The van der Waals surface area contributed by atoms with Crippen LogP contribution in [0, 0.1) is 12.8 Å². The van der Waals surface area contributed by atoms with Crippen LogP contribution >= 0.6 is 0 Å². The Hall–Kier alpha value is -1.84. The number of amides is 2.